The Morgan fingerprint density at radius 3 is 3.00 bits per heavy atom. The average Bonchev–Trinajstić information content (AvgIpc) is 2.89. The second kappa shape index (κ2) is 5.14. The van der Waals surface area contributed by atoms with Crippen LogP contribution in [0, 0.1) is 0 Å². The molecule has 0 aromatic carbocycles. The third-order valence-corrected chi connectivity index (χ3v) is 3.16. The Morgan fingerprint density at radius 2 is 2.35 bits per heavy atom. The minimum absolute atomic E-state index is 0.246. The van der Waals surface area contributed by atoms with Crippen molar-refractivity contribution >= 4 is 0 Å². The van der Waals surface area contributed by atoms with E-state index in [4.69, 9.17) is 15.0 Å². The van der Waals surface area contributed by atoms with E-state index >= 15 is 0 Å². The summed E-state index contributed by atoms with van der Waals surface area (Å²) in [6.07, 6.45) is 5.02. The van der Waals surface area contributed by atoms with E-state index in [-0.39, 0.29) is 6.10 Å². The fourth-order valence-corrected chi connectivity index (χ4v) is 2.20. The molecule has 0 unspecified atom stereocenters. The van der Waals surface area contributed by atoms with Gasteiger partial charge in [0.15, 0.2) is 5.82 Å². The number of aromatic nitrogens is 2. The van der Waals surface area contributed by atoms with Crippen LogP contribution in [-0.2, 0) is 16.7 Å². The summed E-state index contributed by atoms with van der Waals surface area (Å²) in [7, 11) is 0. The Kier molecular flexibility index (Phi) is 3.79. The molecule has 1 aliphatic rings. The summed E-state index contributed by atoms with van der Waals surface area (Å²) < 4.78 is 10.8. The molecule has 5 heteroatoms. The number of nitrogens with two attached hydrogens (primary N) is 1. The van der Waals surface area contributed by atoms with Crippen molar-refractivity contribution in [2.75, 3.05) is 6.61 Å². The van der Waals surface area contributed by atoms with Crippen molar-refractivity contribution in [1.29, 1.82) is 0 Å². The largest absolute Gasteiger partial charge is 0.378 e. The Morgan fingerprint density at radius 1 is 1.53 bits per heavy atom. The van der Waals surface area contributed by atoms with Gasteiger partial charge in [-0.05, 0) is 26.2 Å². The summed E-state index contributed by atoms with van der Waals surface area (Å²) in [4.78, 5) is 4.38. The van der Waals surface area contributed by atoms with Crippen LogP contribution < -0.4 is 5.73 Å². The van der Waals surface area contributed by atoms with E-state index in [1.807, 2.05) is 6.92 Å². The van der Waals surface area contributed by atoms with Crippen molar-refractivity contribution in [2.45, 2.75) is 57.6 Å². The number of rotatable bonds is 5. The highest BCUT2D eigenvalue weighted by atomic mass is 16.5. The minimum atomic E-state index is -0.517. The average molecular weight is 239 g/mol. The summed E-state index contributed by atoms with van der Waals surface area (Å²) >= 11 is 0. The molecule has 0 spiro atoms. The topological polar surface area (TPSA) is 74.2 Å². The van der Waals surface area contributed by atoms with Gasteiger partial charge in [-0.15, -0.1) is 0 Å². The first-order valence-electron chi connectivity index (χ1n) is 6.35. The van der Waals surface area contributed by atoms with E-state index in [0.717, 1.165) is 38.7 Å². The second-order valence-electron chi connectivity index (χ2n) is 5.02. The maximum absolute atomic E-state index is 6.14. The fraction of sp³-hybridized carbons (Fsp3) is 0.833. The van der Waals surface area contributed by atoms with E-state index in [0.29, 0.717) is 11.7 Å². The lowest BCUT2D eigenvalue weighted by molar-refractivity contribution is 0.109. The minimum Gasteiger partial charge on any atom is -0.378 e. The normalized spacial score (nSPS) is 23.8. The highest BCUT2D eigenvalue weighted by molar-refractivity contribution is 5.00. The second-order valence-corrected chi connectivity index (χ2v) is 5.02. The molecule has 0 saturated carbocycles. The molecule has 2 heterocycles. The Labute approximate surface area is 102 Å². The summed E-state index contributed by atoms with van der Waals surface area (Å²) in [5.74, 6) is 1.24. The van der Waals surface area contributed by atoms with Crippen LogP contribution in [-0.4, -0.2) is 22.9 Å². The van der Waals surface area contributed by atoms with Crippen LogP contribution in [0.2, 0.25) is 0 Å². The third-order valence-electron chi connectivity index (χ3n) is 3.16. The lowest BCUT2D eigenvalue weighted by atomic mass is 9.98. The molecule has 1 aromatic heterocycles. The van der Waals surface area contributed by atoms with Crippen molar-refractivity contribution in [3.05, 3.63) is 11.7 Å². The zero-order valence-corrected chi connectivity index (χ0v) is 10.6. The van der Waals surface area contributed by atoms with Crippen molar-refractivity contribution in [2.24, 2.45) is 5.73 Å². The monoisotopic (exact) mass is 239 g/mol. The van der Waals surface area contributed by atoms with Gasteiger partial charge in [-0.25, -0.2) is 0 Å². The molecule has 2 rings (SSSR count). The van der Waals surface area contributed by atoms with Gasteiger partial charge < -0.3 is 15.0 Å². The number of hydrogen-bond acceptors (Lipinski definition) is 5. The van der Waals surface area contributed by atoms with E-state index < -0.39 is 5.54 Å². The van der Waals surface area contributed by atoms with Gasteiger partial charge in [0.2, 0.25) is 5.89 Å². The number of nitrogens with zero attached hydrogens (tertiary/aromatic N) is 2. The summed E-state index contributed by atoms with van der Waals surface area (Å²) in [5.41, 5.74) is 5.63. The zero-order valence-electron chi connectivity index (χ0n) is 10.6. The van der Waals surface area contributed by atoms with Gasteiger partial charge in [-0.3, -0.25) is 0 Å². The first-order valence-corrected chi connectivity index (χ1v) is 6.35. The summed E-state index contributed by atoms with van der Waals surface area (Å²) in [6, 6.07) is 0. The van der Waals surface area contributed by atoms with Gasteiger partial charge in [-0.2, -0.15) is 4.98 Å². The Hall–Kier alpha value is -0.940. The SMILES string of the molecule is CCC[C@](C)(N)c1nc(C[C@H]2CCCO2)no1. The molecule has 5 nitrogen and oxygen atoms in total. The van der Waals surface area contributed by atoms with Crippen LogP contribution in [0.4, 0.5) is 0 Å². The predicted molar refractivity (Wildman–Crippen MR) is 63.4 cm³/mol. The van der Waals surface area contributed by atoms with Gasteiger partial charge in [0.1, 0.15) is 0 Å². The molecule has 17 heavy (non-hydrogen) atoms. The molecular weight excluding hydrogens is 218 g/mol. The van der Waals surface area contributed by atoms with E-state index in [2.05, 4.69) is 17.1 Å². The first-order chi connectivity index (χ1) is 8.12. The highest BCUT2D eigenvalue weighted by Gasteiger charge is 2.28. The fourth-order valence-electron chi connectivity index (χ4n) is 2.20. The maximum Gasteiger partial charge on any atom is 0.246 e. The molecular formula is C12H21N3O2. The molecule has 0 bridgehead atoms. The van der Waals surface area contributed by atoms with Gasteiger partial charge in [0.05, 0.1) is 11.6 Å². The van der Waals surface area contributed by atoms with E-state index in [1.54, 1.807) is 0 Å². The van der Waals surface area contributed by atoms with E-state index in [9.17, 15) is 0 Å². The molecule has 1 aliphatic heterocycles. The molecule has 96 valence electrons. The smallest absolute Gasteiger partial charge is 0.246 e. The summed E-state index contributed by atoms with van der Waals surface area (Å²) in [5, 5.41) is 3.98. The Bertz CT molecular complexity index is 356. The molecule has 0 aliphatic carbocycles. The first kappa shape index (κ1) is 12.5. The van der Waals surface area contributed by atoms with E-state index in [1.165, 1.54) is 0 Å². The van der Waals surface area contributed by atoms with Crippen molar-refractivity contribution in [3.8, 4) is 0 Å². The van der Waals surface area contributed by atoms with Gasteiger partial charge in [0, 0.05) is 13.0 Å². The molecule has 1 aromatic rings. The molecule has 0 amide bonds. The molecule has 1 fully saturated rings. The van der Waals surface area contributed by atoms with Crippen molar-refractivity contribution in [1.82, 2.24) is 10.1 Å². The predicted octanol–water partition coefficient (Wildman–Crippen LogP) is 1.77. The van der Waals surface area contributed by atoms with Crippen LogP contribution in [0.15, 0.2) is 4.52 Å². The highest BCUT2D eigenvalue weighted by Crippen LogP contribution is 2.22. The van der Waals surface area contributed by atoms with Crippen LogP contribution in [0.1, 0.15) is 51.2 Å². The van der Waals surface area contributed by atoms with Crippen molar-refractivity contribution < 1.29 is 9.26 Å². The molecule has 0 radical (unpaired) electrons. The van der Waals surface area contributed by atoms with Crippen LogP contribution in [0.5, 0.6) is 0 Å². The third kappa shape index (κ3) is 3.04. The maximum atomic E-state index is 6.14. The lowest BCUT2D eigenvalue weighted by Gasteiger charge is -2.18. The van der Waals surface area contributed by atoms with Gasteiger partial charge in [-0.1, -0.05) is 18.5 Å². The van der Waals surface area contributed by atoms with Gasteiger partial charge in [0.25, 0.3) is 0 Å². The number of hydrogen-bond donors (Lipinski definition) is 1. The van der Waals surface area contributed by atoms with Gasteiger partial charge >= 0.3 is 0 Å². The zero-order chi connectivity index (χ0) is 12.3. The van der Waals surface area contributed by atoms with Crippen LogP contribution in [0.25, 0.3) is 0 Å². The Balaban J connectivity index is 1.99. The van der Waals surface area contributed by atoms with Crippen molar-refractivity contribution in [3.63, 3.8) is 0 Å². The molecule has 2 atom stereocenters. The number of ether oxygens (including phenoxy) is 1. The standard InChI is InChI=1S/C12H21N3O2/c1-3-6-12(2,13)11-14-10(15-17-11)8-9-5-4-7-16-9/h9H,3-8,13H2,1-2H3/t9-,12+/m1/s1. The van der Waals surface area contributed by atoms with Crippen LogP contribution >= 0.6 is 0 Å². The van der Waals surface area contributed by atoms with Crippen LogP contribution in [0.3, 0.4) is 0 Å². The molecule has 2 N–H and O–H groups in total. The lowest BCUT2D eigenvalue weighted by Crippen LogP contribution is -2.33. The summed E-state index contributed by atoms with van der Waals surface area (Å²) in [6.45, 7) is 4.87. The molecule has 1 saturated heterocycles. The quantitative estimate of drug-likeness (QED) is 0.847.